The molecule has 21 heavy (non-hydrogen) atoms. The fourth-order valence-corrected chi connectivity index (χ4v) is 2.39. The first-order valence-electron chi connectivity index (χ1n) is 5.88. The highest BCUT2D eigenvalue weighted by atomic mass is 79.9. The predicted octanol–water partition coefficient (Wildman–Crippen LogP) is 3.95. The van der Waals surface area contributed by atoms with Gasteiger partial charge in [0, 0.05) is 14.6 Å². The fraction of sp³-hybridized carbons (Fsp3) is 0.0714. The molecular formula is C14H11Br2FN2O2. The van der Waals surface area contributed by atoms with Crippen molar-refractivity contribution in [3.63, 3.8) is 0 Å². The monoisotopic (exact) mass is 416 g/mol. The maximum atomic E-state index is 13.5. The van der Waals surface area contributed by atoms with Gasteiger partial charge in [0.1, 0.15) is 0 Å². The van der Waals surface area contributed by atoms with Crippen LogP contribution in [0.25, 0.3) is 0 Å². The molecule has 2 aromatic rings. The summed E-state index contributed by atoms with van der Waals surface area (Å²) < 4.78 is 19.9. The molecule has 0 atom stereocenters. The van der Waals surface area contributed by atoms with Crippen LogP contribution in [0.1, 0.15) is 0 Å². The van der Waals surface area contributed by atoms with E-state index in [9.17, 15) is 9.18 Å². The van der Waals surface area contributed by atoms with Crippen LogP contribution in [0.2, 0.25) is 0 Å². The van der Waals surface area contributed by atoms with E-state index in [1.807, 2.05) is 0 Å². The molecule has 0 saturated carbocycles. The quantitative estimate of drug-likeness (QED) is 0.740. The molecule has 0 aromatic heterocycles. The van der Waals surface area contributed by atoms with Crippen LogP contribution in [0.5, 0.6) is 5.75 Å². The van der Waals surface area contributed by atoms with E-state index in [1.54, 1.807) is 24.3 Å². The van der Waals surface area contributed by atoms with Crippen LogP contribution in [-0.2, 0) is 4.79 Å². The van der Waals surface area contributed by atoms with Gasteiger partial charge in [0.25, 0.3) is 5.91 Å². The van der Waals surface area contributed by atoms with Crippen LogP contribution in [0, 0.1) is 5.82 Å². The van der Waals surface area contributed by atoms with Crippen LogP contribution < -0.4 is 15.8 Å². The van der Waals surface area contributed by atoms with Crippen molar-refractivity contribution in [3.8, 4) is 5.75 Å². The van der Waals surface area contributed by atoms with Crippen LogP contribution in [0.4, 0.5) is 15.8 Å². The van der Waals surface area contributed by atoms with Crippen molar-refractivity contribution in [1.82, 2.24) is 0 Å². The lowest BCUT2D eigenvalue weighted by atomic mass is 10.3. The van der Waals surface area contributed by atoms with Crippen molar-refractivity contribution in [1.29, 1.82) is 0 Å². The summed E-state index contributed by atoms with van der Waals surface area (Å²) in [6.45, 7) is -0.301. The summed E-state index contributed by atoms with van der Waals surface area (Å²) >= 11 is 6.50. The van der Waals surface area contributed by atoms with Gasteiger partial charge in [-0.15, -0.1) is 0 Å². The van der Waals surface area contributed by atoms with E-state index >= 15 is 0 Å². The second kappa shape index (κ2) is 6.91. The Morgan fingerprint density at radius 1 is 1.24 bits per heavy atom. The lowest BCUT2D eigenvalue weighted by Gasteiger charge is -2.10. The van der Waals surface area contributed by atoms with E-state index in [0.29, 0.717) is 20.3 Å². The third kappa shape index (κ3) is 4.44. The second-order valence-corrected chi connectivity index (χ2v) is 5.92. The Kier molecular flexibility index (Phi) is 5.19. The molecule has 0 saturated heterocycles. The number of ether oxygens (including phenoxy) is 1. The third-order valence-corrected chi connectivity index (χ3v) is 3.67. The van der Waals surface area contributed by atoms with Crippen LogP contribution in [0.3, 0.4) is 0 Å². The molecule has 2 rings (SSSR count). The average Bonchev–Trinajstić information content (AvgIpc) is 2.43. The van der Waals surface area contributed by atoms with Gasteiger partial charge in [0.2, 0.25) is 0 Å². The number of carbonyl (C=O) groups excluding carboxylic acids is 1. The Morgan fingerprint density at radius 2 is 2.00 bits per heavy atom. The summed E-state index contributed by atoms with van der Waals surface area (Å²) in [4.78, 5) is 11.8. The largest absolute Gasteiger partial charge is 0.481 e. The maximum Gasteiger partial charge on any atom is 0.262 e. The lowest BCUT2D eigenvalue weighted by Crippen LogP contribution is -2.20. The molecule has 0 fully saturated rings. The maximum absolute atomic E-state index is 13.5. The lowest BCUT2D eigenvalue weighted by molar-refractivity contribution is -0.118. The number of anilines is 2. The summed E-state index contributed by atoms with van der Waals surface area (Å²) in [5, 5.41) is 2.64. The minimum Gasteiger partial charge on any atom is -0.481 e. The van der Waals surface area contributed by atoms with Gasteiger partial charge >= 0.3 is 0 Å². The van der Waals surface area contributed by atoms with Crippen molar-refractivity contribution in [2.45, 2.75) is 0 Å². The Bertz CT molecular complexity index is 680. The molecule has 0 aliphatic rings. The van der Waals surface area contributed by atoms with Gasteiger partial charge in [-0.1, -0.05) is 15.9 Å². The molecular weight excluding hydrogens is 407 g/mol. The van der Waals surface area contributed by atoms with Crippen molar-refractivity contribution in [3.05, 3.63) is 51.2 Å². The summed E-state index contributed by atoms with van der Waals surface area (Å²) in [6, 6.07) is 9.26. The highest BCUT2D eigenvalue weighted by Gasteiger charge is 2.09. The molecule has 0 aliphatic heterocycles. The van der Waals surface area contributed by atoms with E-state index in [-0.39, 0.29) is 12.4 Å². The highest BCUT2D eigenvalue weighted by Crippen LogP contribution is 2.25. The molecule has 3 N–H and O–H groups in total. The van der Waals surface area contributed by atoms with Crippen molar-refractivity contribution < 1.29 is 13.9 Å². The van der Waals surface area contributed by atoms with E-state index in [2.05, 4.69) is 37.2 Å². The molecule has 0 unspecified atom stereocenters. The van der Waals surface area contributed by atoms with Crippen molar-refractivity contribution in [2.75, 3.05) is 17.7 Å². The highest BCUT2D eigenvalue weighted by molar-refractivity contribution is 9.10. The zero-order valence-corrected chi connectivity index (χ0v) is 13.9. The number of nitrogen functional groups attached to an aromatic ring is 1. The number of nitrogens with two attached hydrogens (primary N) is 1. The van der Waals surface area contributed by atoms with E-state index < -0.39 is 11.7 Å². The second-order valence-electron chi connectivity index (χ2n) is 4.15. The molecule has 1 amide bonds. The van der Waals surface area contributed by atoms with Gasteiger partial charge in [-0.3, -0.25) is 4.79 Å². The van der Waals surface area contributed by atoms with Gasteiger partial charge in [-0.05, 0) is 52.3 Å². The SMILES string of the molecule is Nc1ccc(NC(=O)COc2cc(Br)ccc2F)c(Br)c1. The first-order valence-corrected chi connectivity index (χ1v) is 7.47. The standard InChI is InChI=1S/C14H11Br2FN2O2/c15-8-1-3-11(17)13(5-8)21-7-14(20)19-12-4-2-9(18)6-10(12)16/h1-6H,7,18H2,(H,19,20). The summed E-state index contributed by atoms with van der Waals surface area (Å²) in [7, 11) is 0. The zero-order chi connectivity index (χ0) is 15.4. The average molecular weight is 418 g/mol. The van der Waals surface area contributed by atoms with E-state index in [0.717, 1.165) is 0 Å². The summed E-state index contributed by atoms with van der Waals surface area (Å²) in [5.74, 6) is -0.921. The van der Waals surface area contributed by atoms with Crippen molar-refractivity contribution >= 4 is 49.1 Å². The molecule has 0 bridgehead atoms. The third-order valence-electron chi connectivity index (χ3n) is 2.52. The number of rotatable bonds is 4. The van der Waals surface area contributed by atoms with Gasteiger partial charge in [-0.2, -0.15) is 0 Å². The molecule has 0 spiro atoms. The van der Waals surface area contributed by atoms with Gasteiger partial charge < -0.3 is 15.8 Å². The number of nitrogens with one attached hydrogen (secondary N) is 1. The molecule has 0 heterocycles. The topological polar surface area (TPSA) is 64.3 Å². The van der Waals surface area contributed by atoms with Gasteiger partial charge in [-0.25, -0.2) is 4.39 Å². The normalized spacial score (nSPS) is 10.2. The number of carbonyl (C=O) groups is 1. The van der Waals surface area contributed by atoms with E-state index in [1.165, 1.54) is 12.1 Å². The van der Waals surface area contributed by atoms with Crippen molar-refractivity contribution in [2.24, 2.45) is 0 Å². The number of halogens is 3. The number of hydrogen-bond acceptors (Lipinski definition) is 3. The first-order chi connectivity index (χ1) is 9.95. The van der Waals surface area contributed by atoms with Crippen LogP contribution >= 0.6 is 31.9 Å². The summed E-state index contributed by atoms with van der Waals surface area (Å²) in [6.07, 6.45) is 0. The van der Waals surface area contributed by atoms with Gasteiger partial charge in [0.15, 0.2) is 18.2 Å². The molecule has 110 valence electrons. The first kappa shape index (κ1) is 15.8. The molecule has 4 nitrogen and oxygen atoms in total. The predicted molar refractivity (Wildman–Crippen MR) is 86.8 cm³/mol. The Hall–Kier alpha value is -1.60. The molecule has 7 heteroatoms. The molecule has 0 aliphatic carbocycles. The minimum atomic E-state index is -0.528. The fourth-order valence-electron chi connectivity index (χ4n) is 1.55. The van der Waals surface area contributed by atoms with Crippen LogP contribution in [-0.4, -0.2) is 12.5 Å². The smallest absolute Gasteiger partial charge is 0.262 e. The number of benzene rings is 2. The number of amides is 1. The molecule has 0 radical (unpaired) electrons. The Labute approximate surface area is 137 Å². The summed E-state index contributed by atoms with van der Waals surface area (Å²) in [5.41, 5.74) is 6.75. The van der Waals surface area contributed by atoms with Gasteiger partial charge in [0.05, 0.1) is 5.69 Å². The number of hydrogen-bond donors (Lipinski definition) is 2. The minimum absolute atomic E-state index is 0.0101. The van der Waals surface area contributed by atoms with E-state index in [4.69, 9.17) is 10.5 Å². The molecule has 2 aromatic carbocycles. The van der Waals surface area contributed by atoms with Crippen LogP contribution in [0.15, 0.2) is 45.3 Å². The Balaban J connectivity index is 1.97. The zero-order valence-electron chi connectivity index (χ0n) is 10.7. The Morgan fingerprint density at radius 3 is 2.71 bits per heavy atom.